The number of fused-ring (bicyclic) bond motifs is 1. The van der Waals surface area contributed by atoms with Gasteiger partial charge in [-0.2, -0.15) is 5.10 Å². The zero-order valence-corrected chi connectivity index (χ0v) is 20.7. The van der Waals surface area contributed by atoms with Crippen LogP contribution in [0.25, 0.3) is 22.0 Å². The second-order valence-corrected chi connectivity index (χ2v) is 15.8. The number of thiazole rings is 1. The number of rotatable bonds is 7. The van der Waals surface area contributed by atoms with Crippen molar-refractivity contribution in [3.63, 3.8) is 0 Å². The van der Waals surface area contributed by atoms with Gasteiger partial charge in [-0.1, -0.05) is 31.5 Å². The molecule has 1 unspecified atom stereocenters. The summed E-state index contributed by atoms with van der Waals surface area (Å²) >= 11 is 1.39. The molecule has 4 rings (SSSR count). The van der Waals surface area contributed by atoms with Crippen LogP contribution >= 0.6 is 11.3 Å². The van der Waals surface area contributed by atoms with Crippen molar-refractivity contribution >= 4 is 30.3 Å². The quantitative estimate of drug-likeness (QED) is 0.228. The Labute approximate surface area is 193 Å². The van der Waals surface area contributed by atoms with Gasteiger partial charge in [0.25, 0.3) is 0 Å². The average Bonchev–Trinajstić information content (AvgIpc) is 3.49. The molecule has 2 N–H and O–H groups in total. The van der Waals surface area contributed by atoms with Gasteiger partial charge in [0, 0.05) is 66.2 Å². The first kappa shape index (κ1) is 22.5. The van der Waals surface area contributed by atoms with Crippen molar-refractivity contribution in [1.82, 2.24) is 19.7 Å². The van der Waals surface area contributed by atoms with Gasteiger partial charge in [-0.25, -0.2) is 9.67 Å². The minimum absolute atomic E-state index is 0.454. The largest absolute Gasteiger partial charge is 0.371 e. The second kappa shape index (κ2) is 9.04. The normalized spacial score (nSPS) is 13.7. The lowest BCUT2D eigenvalue weighted by Gasteiger charge is -2.15. The fourth-order valence-electron chi connectivity index (χ4n) is 3.26. The Bertz CT molecular complexity index is 1260. The van der Waals surface area contributed by atoms with Crippen LogP contribution in [0, 0.1) is 11.8 Å². The maximum Gasteiger partial charge on any atom is 0.174 e. The zero-order chi connectivity index (χ0) is 22.8. The Morgan fingerprint density at radius 3 is 2.91 bits per heavy atom. The van der Waals surface area contributed by atoms with E-state index in [0.717, 1.165) is 40.2 Å². The molecule has 166 valence electrons. The van der Waals surface area contributed by atoms with Gasteiger partial charge in [0.2, 0.25) is 0 Å². The van der Waals surface area contributed by atoms with E-state index in [9.17, 15) is 5.11 Å². The smallest absolute Gasteiger partial charge is 0.174 e. The third-order valence-corrected chi connectivity index (χ3v) is 7.83. The molecule has 0 bridgehead atoms. The van der Waals surface area contributed by atoms with E-state index in [1.54, 1.807) is 13.1 Å². The fourth-order valence-corrected chi connectivity index (χ4v) is 4.67. The first-order valence-corrected chi connectivity index (χ1v) is 15.2. The minimum Gasteiger partial charge on any atom is -0.371 e. The molecule has 4 aromatic rings. The average molecular weight is 465 g/mol. The van der Waals surface area contributed by atoms with Gasteiger partial charge in [-0.15, -0.1) is 11.3 Å². The highest BCUT2D eigenvalue weighted by molar-refractivity contribution is 7.09. The summed E-state index contributed by atoms with van der Waals surface area (Å²) in [6.45, 7) is 9.92. The van der Waals surface area contributed by atoms with Gasteiger partial charge in [-0.05, 0) is 31.2 Å². The second-order valence-electron chi connectivity index (χ2n) is 9.24. The highest BCUT2D eigenvalue weighted by atomic mass is 32.1. The van der Waals surface area contributed by atoms with Crippen LogP contribution in [0.2, 0.25) is 25.7 Å². The maximum absolute atomic E-state index is 10.6. The van der Waals surface area contributed by atoms with Gasteiger partial charge >= 0.3 is 0 Å². The molecule has 0 aliphatic carbocycles. The molecular formula is C24H28N4O2SSi. The van der Waals surface area contributed by atoms with Crippen LogP contribution in [-0.4, -0.2) is 39.5 Å². The van der Waals surface area contributed by atoms with Crippen LogP contribution < -0.4 is 0 Å². The Balaban J connectivity index is 1.52. The van der Waals surface area contributed by atoms with Crippen LogP contribution in [0.4, 0.5) is 0 Å². The molecule has 0 fully saturated rings. The summed E-state index contributed by atoms with van der Waals surface area (Å²) in [5.74, 6) is 6.05. The van der Waals surface area contributed by atoms with E-state index in [1.165, 1.54) is 11.3 Å². The maximum atomic E-state index is 10.6. The molecule has 1 atom stereocenters. The van der Waals surface area contributed by atoms with Gasteiger partial charge < -0.3 is 14.8 Å². The molecule has 0 radical (unpaired) electrons. The number of hydrogen-bond donors (Lipinski definition) is 2. The van der Waals surface area contributed by atoms with E-state index >= 15 is 0 Å². The third-order valence-electron chi connectivity index (χ3n) is 5.14. The number of aromatic nitrogens is 4. The fraction of sp³-hybridized carbons (Fsp3) is 0.333. The lowest BCUT2D eigenvalue weighted by Crippen LogP contribution is -2.22. The van der Waals surface area contributed by atoms with Crippen molar-refractivity contribution < 1.29 is 9.84 Å². The molecule has 6 nitrogen and oxygen atoms in total. The Morgan fingerprint density at radius 2 is 2.16 bits per heavy atom. The van der Waals surface area contributed by atoms with Crippen molar-refractivity contribution in [1.29, 1.82) is 0 Å². The number of H-pyrrole nitrogens is 1. The highest BCUT2D eigenvalue weighted by Gasteiger charge is 2.22. The van der Waals surface area contributed by atoms with Crippen molar-refractivity contribution in [2.75, 3.05) is 6.61 Å². The first-order chi connectivity index (χ1) is 15.2. The van der Waals surface area contributed by atoms with Gasteiger partial charge in [0.15, 0.2) is 5.60 Å². The summed E-state index contributed by atoms with van der Waals surface area (Å²) in [4.78, 5) is 7.50. The molecule has 0 saturated heterocycles. The predicted octanol–water partition coefficient (Wildman–Crippen LogP) is 5.06. The summed E-state index contributed by atoms with van der Waals surface area (Å²) in [5, 5.41) is 18.6. The first-order valence-electron chi connectivity index (χ1n) is 10.6. The molecule has 8 heteroatoms. The third kappa shape index (κ3) is 5.37. The molecule has 0 spiro atoms. The monoisotopic (exact) mass is 464 g/mol. The topological polar surface area (TPSA) is 76.0 Å². The van der Waals surface area contributed by atoms with Crippen LogP contribution in [0.5, 0.6) is 0 Å². The van der Waals surface area contributed by atoms with Crippen LogP contribution in [0.3, 0.4) is 0 Å². The van der Waals surface area contributed by atoms with E-state index in [1.807, 2.05) is 46.9 Å². The van der Waals surface area contributed by atoms with E-state index in [-0.39, 0.29) is 0 Å². The van der Waals surface area contributed by atoms with E-state index in [4.69, 9.17) is 4.74 Å². The van der Waals surface area contributed by atoms with Gasteiger partial charge in [0.05, 0.1) is 6.20 Å². The van der Waals surface area contributed by atoms with Crippen molar-refractivity contribution in [3.8, 4) is 23.0 Å². The molecule has 0 aliphatic rings. The lowest BCUT2D eigenvalue weighted by atomic mass is 10.0. The number of nitrogens with one attached hydrogen (secondary N) is 1. The van der Waals surface area contributed by atoms with E-state index < -0.39 is 13.7 Å². The molecule has 3 aromatic heterocycles. The molecule has 1 aromatic carbocycles. The molecular weight excluding hydrogens is 436 g/mol. The number of aliphatic hydroxyl groups is 1. The SMILES string of the molecule is CC(O)(C#Cc1ccc2[nH]cc(-c3cnn(COCC[Si](C)(C)C)c3)c2c1)c1nccs1. The number of nitrogens with zero attached hydrogens (tertiary/aromatic N) is 3. The lowest BCUT2D eigenvalue weighted by molar-refractivity contribution is 0.0786. The standard InChI is InChI=1S/C24H28N4O2SSi/c1-24(29,23-25-9-11-31-23)8-7-18-5-6-22-20(13-18)21(15-26-22)19-14-27-28(16-19)17-30-10-12-32(2,3)4/h5-6,9,11,13-16,26,29H,10,12,17H2,1-4H3. The summed E-state index contributed by atoms with van der Waals surface area (Å²) in [7, 11) is -1.09. The molecule has 0 saturated carbocycles. The Kier molecular flexibility index (Phi) is 6.35. The predicted molar refractivity (Wildman–Crippen MR) is 132 cm³/mol. The van der Waals surface area contributed by atoms with Crippen molar-refractivity contribution in [3.05, 3.63) is 58.9 Å². The summed E-state index contributed by atoms with van der Waals surface area (Å²) < 4.78 is 7.64. The molecule has 32 heavy (non-hydrogen) atoms. The van der Waals surface area contributed by atoms with Crippen molar-refractivity contribution in [2.45, 2.75) is 44.9 Å². The van der Waals surface area contributed by atoms with E-state index in [0.29, 0.717) is 11.7 Å². The van der Waals surface area contributed by atoms with Gasteiger partial charge in [0.1, 0.15) is 11.7 Å². The number of aromatic amines is 1. The van der Waals surface area contributed by atoms with Crippen LogP contribution in [-0.2, 0) is 17.1 Å². The van der Waals surface area contributed by atoms with Crippen molar-refractivity contribution in [2.24, 2.45) is 0 Å². The zero-order valence-electron chi connectivity index (χ0n) is 18.8. The molecule has 0 amide bonds. The molecule has 3 heterocycles. The summed E-state index contributed by atoms with van der Waals surface area (Å²) in [6.07, 6.45) is 7.52. The summed E-state index contributed by atoms with van der Waals surface area (Å²) in [5.41, 5.74) is 2.66. The minimum atomic E-state index is -1.28. The van der Waals surface area contributed by atoms with Gasteiger partial charge in [-0.3, -0.25) is 0 Å². The number of benzene rings is 1. The Morgan fingerprint density at radius 1 is 1.31 bits per heavy atom. The number of hydrogen-bond acceptors (Lipinski definition) is 5. The molecule has 0 aliphatic heterocycles. The van der Waals surface area contributed by atoms with E-state index in [2.05, 4.69) is 46.5 Å². The number of ether oxygens (including phenoxy) is 1. The summed E-state index contributed by atoms with van der Waals surface area (Å²) in [6, 6.07) is 7.13. The highest BCUT2D eigenvalue weighted by Crippen LogP contribution is 2.29. The van der Waals surface area contributed by atoms with Crippen LogP contribution in [0.15, 0.2) is 48.4 Å². The van der Waals surface area contributed by atoms with Crippen LogP contribution in [0.1, 0.15) is 17.5 Å². The Hall–Kier alpha value is -2.70.